The zero-order valence-corrected chi connectivity index (χ0v) is 10.0. The summed E-state index contributed by atoms with van der Waals surface area (Å²) < 4.78 is 37.7. The highest BCUT2D eigenvalue weighted by Crippen LogP contribution is 2.33. The summed E-state index contributed by atoms with van der Waals surface area (Å²) in [4.78, 5) is 15.7. The van der Waals surface area contributed by atoms with Gasteiger partial charge in [-0.15, -0.1) is 0 Å². The number of nitrogens with zero attached hydrogens (tertiary/aromatic N) is 2. The summed E-state index contributed by atoms with van der Waals surface area (Å²) in [5.41, 5.74) is -0.231. The Hall–Kier alpha value is -1.79. The fraction of sp³-hybridized carbons (Fsp3) is 0.500. The fourth-order valence-corrected chi connectivity index (χ4v) is 2.24. The molecule has 1 aliphatic rings. The summed E-state index contributed by atoms with van der Waals surface area (Å²) >= 11 is 0. The first-order chi connectivity index (χ1) is 8.88. The number of carbonyl (C=O) groups is 1. The minimum absolute atomic E-state index is 0.0644. The van der Waals surface area contributed by atoms with Crippen LogP contribution in [0.3, 0.4) is 0 Å². The lowest BCUT2D eigenvalue weighted by Crippen LogP contribution is -2.36. The molecule has 0 aliphatic carbocycles. The van der Waals surface area contributed by atoms with Gasteiger partial charge >= 0.3 is 12.3 Å². The van der Waals surface area contributed by atoms with E-state index in [4.69, 9.17) is 5.11 Å². The molecule has 0 unspecified atom stereocenters. The maximum Gasteiger partial charge on any atom is 0.417 e. The molecule has 1 saturated heterocycles. The van der Waals surface area contributed by atoms with Crippen LogP contribution in [0.4, 0.5) is 18.0 Å². The number of hydrogen-bond acceptors (Lipinski definition) is 2. The van der Waals surface area contributed by atoms with Crippen LogP contribution in [0.1, 0.15) is 29.9 Å². The maximum absolute atomic E-state index is 12.6. The van der Waals surface area contributed by atoms with Gasteiger partial charge in [0, 0.05) is 25.5 Å². The van der Waals surface area contributed by atoms with Crippen LogP contribution in [0.5, 0.6) is 0 Å². The Morgan fingerprint density at radius 2 is 1.95 bits per heavy atom. The van der Waals surface area contributed by atoms with Gasteiger partial charge in [-0.05, 0) is 30.4 Å². The molecule has 104 valence electrons. The molecular formula is C12H13F3N2O2. The molecule has 1 N–H and O–H groups in total. The molecule has 2 heterocycles. The highest BCUT2D eigenvalue weighted by molar-refractivity contribution is 5.65. The smallest absolute Gasteiger partial charge is 0.417 e. The summed E-state index contributed by atoms with van der Waals surface area (Å²) in [6, 6.07) is 1.11. The highest BCUT2D eigenvalue weighted by Gasteiger charge is 2.32. The molecule has 7 heteroatoms. The first kappa shape index (κ1) is 13.6. The third-order valence-electron chi connectivity index (χ3n) is 3.32. The number of carboxylic acid groups (broad SMARTS) is 1. The van der Waals surface area contributed by atoms with Crippen molar-refractivity contribution in [3.05, 3.63) is 29.6 Å². The van der Waals surface area contributed by atoms with E-state index in [0.717, 1.165) is 12.3 Å². The van der Waals surface area contributed by atoms with Crippen LogP contribution >= 0.6 is 0 Å². The van der Waals surface area contributed by atoms with E-state index < -0.39 is 17.8 Å². The summed E-state index contributed by atoms with van der Waals surface area (Å²) in [6.07, 6.45) is -2.11. The van der Waals surface area contributed by atoms with Gasteiger partial charge in [-0.1, -0.05) is 0 Å². The monoisotopic (exact) mass is 274 g/mol. The van der Waals surface area contributed by atoms with Crippen molar-refractivity contribution in [3.8, 4) is 0 Å². The Balaban J connectivity index is 2.10. The molecule has 1 aromatic heterocycles. The second-order valence-corrected chi connectivity index (χ2v) is 4.55. The molecule has 4 nitrogen and oxygen atoms in total. The molecule has 0 atom stereocenters. The van der Waals surface area contributed by atoms with Crippen LogP contribution in [0.2, 0.25) is 0 Å². The van der Waals surface area contributed by atoms with E-state index in [0.29, 0.717) is 31.5 Å². The van der Waals surface area contributed by atoms with Gasteiger partial charge in [0.2, 0.25) is 0 Å². The number of rotatable bonds is 1. The van der Waals surface area contributed by atoms with Crippen molar-refractivity contribution in [2.24, 2.45) is 0 Å². The predicted octanol–water partition coefficient (Wildman–Crippen LogP) is 2.96. The molecular weight excluding hydrogens is 261 g/mol. The third-order valence-corrected chi connectivity index (χ3v) is 3.32. The van der Waals surface area contributed by atoms with Crippen LogP contribution in [0.25, 0.3) is 0 Å². The Morgan fingerprint density at radius 3 is 2.47 bits per heavy atom. The second-order valence-electron chi connectivity index (χ2n) is 4.55. The Morgan fingerprint density at radius 1 is 1.32 bits per heavy atom. The van der Waals surface area contributed by atoms with Gasteiger partial charge in [-0.3, -0.25) is 4.98 Å². The minimum Gasteiger partial charge on any atom is -0.465 e. The largest absolute Gasteiger partial charge is 0.465 e. The molecule has 0 radical (unpaired) electrons. The van der Waals surface area contributed by atoms with E-state index in [-0.39, 0.29) is 5.92 Å². The number of pyridine rings is 1. The van der Waals surface area contributed by atoms with Crippen LogP contribution < -0.4 is 0 Å². The Bertz CT molecular complexity index is 468. The summed E-state index contributed by atoms with van der Waals surface area (Å²) in [5, 5.41) is 8.81. The average molecular weight is 274 g/mol. The average Bonchev–Trinajstić information content (AvgIpc) is 2.38. The number of amides is 1. The quantitative estimate of drug-likeness (QED) is 0.856. The van der Waals surface area contributed by atoms with E-state index >= 15 is 0 Å². The molecule has 0 bridgehead atoms. The van der Waals surface area contributed by atoms with Crippen molar-refractivity contribution in [2.75, 3.05) is 13.1 Å². The van der Waals surface area contributed by atoms with Crippen LogP contribution in [0, 0.1) is 0 Å². The Labute approximate surface area is 107 Å². The molecule has 0 spiro atoms. The molecule has 0 aromatic carbocycles. The van der Waals surface area contributed by atoms with Crippen LogP contribution in [-0.4, -0.2) is 34.2 Å². The third kappa shape index (κ3) is 3.15. The summed E-state index contributed by atoms with van der Waals surface area (Å²) in [5.74, 6) is -0.0644. The van der Waals surface area contributed by atoms with Gasteiger partial charge in [-0.25, -0.2) is 4.79 Å². The predicted molar refractivity (Wildman–Crippen MR) is 60.8 cm³/mol. The maximum atomic E-state index is 12.6. The number of piperidine rings is 1. The lowest BCUT2D eigenvalue weighted by atomic mass is 9.90. The van der Waals surface area contributed by atoms with Gasteiger partial charge in [0.25, 0.3) is 0 Å². The zero-order valence-electron chi connectivity index (χ0n) is 10.0. The summed E-state index contributed by atoms with van der Waals surface area (Å²) in [7, 11) is 0. The van der Waals surface area contributed by atoms with Gasteiger partial charge in [0.05, 0.1) is 5.56 Å². The van der Waals surface area contributed by atoms with E-state index in [1.54, 1.807) is 0 Å². The van der Waals surface area contributed by atoms with Gasteiger partial charge in [0.1, 0.15) is 0 Å². The lowest BCUT2D eigenvalue weighted by molar-refractivity contribution is -0.137. The van der Waals surface area contributed by atoms with Crippen molar-refractivity contribution in [1.29, 1.82) is 0 Å². The van der Waals surface area contributed by atoms with Crippen molar-refractivity contribution < 1.29 is 23.1 Å². The minimum atomic E-state index is -4.40. The molecule has 1 aromatic rings. The van der Waals surface area contributed by atoms with E-state index in [2.05, 4.69) is 4.98 Å². The van der Waals surface area contributed by atoms with Crippen molar-refractivity contribution >= 4 is 6.09 Å². The van der Waals surface area contributed by atoms with E-state index in [9.17, 15) is 18.0 Å². The highest BCUT2D eigenvalue weighted by atomic mass is 19.4. The number of alkyl halides is 3. The number of halogens is 3. The topological polar surface area (TPSA) is 53.4 Å². The Kier molecular flexibility index (Phi) is 3.64. The van der Waals surface area contributed by atoms with Crippen molar-refractivity contribution in [2.45, 2.75) is 24.9 Å². The lowest BCUT2D eigenvalue weighted by Gasteiger charge is -2.30. The van der Waals surface area contributed by atoms with Gasteiger partial charge < -0.3 is 10.0 Å². The zero-order chi connectivity index (χ0) is 14.0. The molecule has 1 aliphatic heterocycles. The van der Waals surface area contributed by atoms with Crippen molar-refractivity contribution in [3.63, 3.8) is 0 Å². The van der Waals surface area contributed by atoms with E-state index in [1.165, 1.54) is 11.1 Å². The second kappa shape index (κ2) is 5.07. The standard InChI is InChI=1S/C12H13F3N2O2/c13-12(14,15)10-5-9(6-16-7-10)8-1-3-17(4-2-8)11(18)19/h5-8H,1-4H2,(H,18,19). The van der Waals surface area contributed by atoms with Gasteiger partial charge in [0.15, 0.2) is 0 Å². The normalized spacial score (nSPS) is 17.5. The molecule has 1 fully saturated rings. The van der Waals surface area contributed by atoms with Gasteiger partial charge in [-0.2, -0.15) is 13.2 Å². The van der Waals surface area contributed by atoms with E-state index in [1.807, 2.05) is 0 Å². The fourth-order valence-electron chi connectivity index (χ4n) is 2.24. The molecule has 19 heavy (non-hydrogen) atoms. The first-order valence-electron chi connectivity index (χ1n) is 5.88. The first-order valence-corrected chi connectivity index (χ1v) is 5.88. The molecule has 1 amide bonds. The SMILES string of the molecule is O=C(O)N1CCC(c2cncc(C(F)(F)F)c2)CC1. The summed E-state index contributed by atoms with van der Waals surface area (Å²) in [6.45, 7) is 0.687. The number of aromatic nitrogens is 1. The molecule has 2 rings (SSSR count). The van der Waals surface area contributed by atoms with Crippen molar-refractivity contribution in [1.82, 2.24) is 9.88 Å². The number of hydrogen-bond donors (Lipinski definition) is 1. The molecule has 0 saturated carbocycles. The van der Waals surface area contributed by atoms with Crippen LogP contribution in [-0.2, 0) is 6.18 Å². The van der Waals surface area contributed by atoms with Crippen LogP contribution in [0.15, 0.2) is 18.5 Å². The number of likely N-dealkylation sites (tertiary alicyclic amines) is 1.